The van der Waals surface area contributed by atoms with Crippen molar-refractivity contribution in [1.82, 2.24) is 4.90 Å². The Hall–Kier alpha value is -1.84. The molecule has 1 amide bonds. The predicted molar refractivity (Wildman–Crippen MR) is 101 cm³/mol. The number of halogens is 1. The summed E-state index contributed by atoms with van der Waals surface area (Å²) in [6.45, 7) is 5.47. The summed E-state index contributed by atoms with van der Waals surface area (Å²) in [5.74, 6) is 0.0489. The Balaban J connectivity index is 1.61. The Morgan fingerprint density at radius 2 is 2.00 bits per heavy atom. The maximum Gasteiger partial charge on any atom is 0.249 e. The van der Waals surface area contributed by atoms with Crippen LogP contribution in [0.5, 0.6) is 0 Å². The van der Waals surface area contributed by atoms with E-state index in [0.717, 1.165) is 24.9 Å². The van der Waals surface area contributed by atoms with Gasteiger partial charge in [-0.1, -0.05) is 48.0 Å². The summed E-state index contributed by atoms with van der Waals surface area (Å²) in [4.78, 5) is 14.6. The second-order valence-electron chi connectivity index (χ2n) is 6.67. The summed E-state index contributed by atoms with van der Waals surface area (Å²) in [5.41, 5.74) is 4.68. The molecule has 0 radical (unpaired) electrons. The zero-order valence-corrected chi connectivity index (χ0v) is 15.6. The lowest BCUT2D eigenvalue weighted by Gasteiger charge is -2.25. The summed E-state index contributed by atoms with van der Waals surface area (Å²) in [6, 6.07) is 14.2. The molecule has 1 saturated heterocycles. The van der Waals surface area contributed by atoms with Crippen LogP contribution in [0.15, 0.2) is 42.5 Å². The molecule has 0 unspecified atom stereocenters. The molecule has 0 saturated carbocycles. The lowest BCUT2D eigenvalue weighted by molar-refractivity contribution is -0.137. The van der Waals surface area contributed by atoms with Crippen LogP contribution >= 0.6 is 11.6 Å². The molecule has 1 heterocycles. The molecule has 0 spiro atoms. The van der Waals surface area contributed by atoms with Crippen LogP contribution in [0, 0.1) is 13.8 Å². The Kier molecular flexibility index (Phi) is 5.77. The highest BCUT2D eigenvalue weighted by Crippen LogP contribution is 2.32. The standard InChI is InChI=1S/C21H24ClNO2/c1-15-9-10-17(12-16(15)2)20-8-5-11-23(20)21(24)14-25-13-18-6-3-4-7-19(18)22/h3-4,6-7,9-10,12,20H,5,8,11,13-14H2,1-2H3/t20-/m0/s1. The largest absolute Gasteiger partial charge is 0.367 e. The molecule has 0 N–H and O–H groups in total. The van der Waals surface area contributed by atoms with Gasteiger partial charge in [0.25, 0.3) is 0 Å². The monoisotopic (exact) mass is 357 g/mol. The molecule has 3 rings (SSSR count). The second kappa shape index (κ2) is 8.03. The molecule has 0 bridgehead atoms. The van der Waals surface area contributed by atoms with Gasteiger partial charge in [0.05, 0.1) is 12.6 Å². The van der Waals surface area contributed by atoms with Crippen molar-refractivity contribution >= 4 is 17.5 Å². The number of benzene rings is 2. The van der Waals surface area contributed by atoms with Gasteiger partial charge in [0.2, 0.25) is 5.91 Å². The van der Waals surface area contributed by atoms with Crippen molar-refractivity contribution in [3.05, 3.63) is 69.7 Å². The van der Waals surface area contributed by atoms with Crippen molar-refractivity contribution < 1.29 is 9.53 Å². The van der Waals surface area contributed by atoms with E-state index in [1.807, 2.05) is 29.2 Å². The molecule has 1 atom stereocenters. The Morgan fingerprint density at radius 1 is 1.20 bits per heavy atom. The third-order valence-electron chi connectivity index (χ3n) is 4.93. The van der Waals surface area contributed by atoms with Crippen LogP contribution in [0.1, 0.15) is 41.1 Å². The molecule has 0 aliphatic carbocycles. The number of aryl methyl sites for hydroxylation is 2. The smallest absolute Gasteiger partial charge is 0.249 e. The van der Waals surface area contributed by atoms with E-state index in [1.165, 1.54) is 16.7 Å². The average molecular weight is 358 g/mol. The van der Waals surface area contributed by atoms with Crippen molar-refractivity contribution in [2.24, 2.45) is 0 Å². The van der Waals surface area contributed by atoms with Crippen LogP contribution in [-0.2, 0) is 16.1 Å². The number of amides is 1. The van der Waals surface area contributed by atoms with Crippen LogP contribution in [0.4, 0.5) is 0 Å². The zero-order valence-electron chi connectivity index (χ0n) is 14.8. The molecule has 0 aromatic heterocycles. The van der Waals surface area contributed by atoms with E-state index >= 15 is 0 Å². The first kappa shape index (κ1) is 18.0. The summed E-state index contributed by atoms with van der Waals surface area (Å²) in [7, 11) is 0. The summed E-state index contributed by atoms with van der Waals surface area (Å²) >= 11 is 6.12. The Bertz CT molecular complexity index is 759. The Labute approximate surface area is 154 Å². The first-order valence-corrected chi connectivity index (χ1v) is 9.12. The van der Waals surface area contributed by atoms with E-state index in [1.54, 1.807) is 0 Å². The molecule has 132 valence electrons. The van der Waals surface area contributed by atoms with Crippen LogP contribution in [0.25, 0.3) is 0 Å². The molecule has 2 aromatic carbocycles. The average Bonchev–Trinajstić information content (AvgIpc) is 3.09. The fourth-order valence-electron chi connectivity index (χ4n) is 3.33. The Morgan fingerprint density at radius 3 is 2.76 bits per heavy atom. The highest BCUT2D eigenvalue weighted by Gasteiger charge is 2.29. The number of likely N-dealkylation sites (tertiary alicyclic amines) is 1. The van der Waals surface area contributed by atoms with E-state index in [-0.39, 0.29) is 18.6 Å². The molecule has 3 nitrogen and oxygen atoms in total. The minimum absolute atomic E-state index is 0.0489. The van der Waals surface area contributed by atoms with Gasteiger partial charge < -0.3 is 9.64 Å². The highest BCUT2D eigenvalue weighted by molar-refractivity contribution is 6.31. The summed E-state index contributed by atoms with van der Waals surface area (Å²) in [6.07, 6.45) is 2.05. The molecule has 25 heavy (non-hydrogen) atoms. The molecular weight excluding hydrogens is 334 g/mol. The molecule has 1 fully saturated rings. The maximum absolute atomic E-state index is 12.6. The fourth-order valence-corrected chi connectivity index (χ4v) is 3.52. The van der Waals surface area contributed by atoms with Crippen molar-refractivity contribution in [1.29, 1.82) is 0 Å². The minimum Gasteiger partial charge on any atom is -0.367 e. The number of nitrogens with zero attached hydrogens (tertiary/aromatic N) is 1. The lowest BCUT2D eigenvalue weighted by Crippen LogP contribution is -2.33. The number of rotatable bonds is 5. The van der Waals surface area contributed by atoms with Gasteiger partial charge in [-0.2, -0.15) is 0 Å². The molecular formula is C21H24ClNO2. The van der Waals surface area contributed by atoms with Gasteiger partial charge in [0, 0.05) is 11.6 Å². The number of ether oxygens (including phenoxy) is 1. The normalized spacial score (nSPS) is 17.1. The van der Waals surface area contributed by atoms with Crippen molar-refractivity contribution in [2.45, 2.75) is 39.3 Å². The quantitative estimate of drug-likeness (QED) is 0.766. The van der Waals surface area contributed by atoms with Crippen LogP contribution in [-0.4, -0.2) is 24.0 Å². The topological polar surface area (TPSA) is 29.5 Å². The second-order valence-corrected chi connectivity index (χ2v) is 7.08. The van der Waals surface area contributed by atoms with Gasteiger partial charge in [-0.3, -0.25) is 4.79 Å². The number of carbonyl (C=O) groups excluding carboxylic acids is 1. The lowest BCUT2D eigenvalue weighted by atomic mass is 9.99. The van der Waals surface area contributed by atoms with E-state index < -0.39 is 0 Å². The van der Waals surface area contributed by atoms with Gasteiger partial charge in [-0.15, -0.1) is 0 Å². The molecule has 4 heteroatoms. The first-order chi connectivity index (χ1) is 12.1. The van der Waals surface area contributed by atoms with E-state index in [4.69, 9.17) is 16.3 Å². The van der Waals surface area contributed by atoms with Crippen molar-refractivity contribution in [2.75, 3.05) is 13.2 Å². The van der Waals surface area contributed by atoms with Gasteiger partial charge in [-0.25, -0.2) is 0 Å². The van der Waals surface area contributed by atoms with Crippen molar-refractivity contribution in [3.8, 4) is 0 Å². The third kappa shape index (κ3) is 4.23. The summed E-state index contributed by atoms with van der Waals surface area (Å²) < 4.78 is 5.63. The maximum atomic E-state index is 12.6. The number of carbonyl (C=O) groups is 1. The SMILES string of the molecule is Cc1ccc([C@@H]2CCCN2C(=O)COCc2ccccc2Cl)cc1C. The van der Waals surface area contributed by atoms with E-state index in [9.17, 15) is 4.79 Å². The summed E-state index contributed by atoms with van der Waals surface area (Å²) in [5, 5.41) is 0.670. The third-order valence-corrected chi connectivity index (χ3v) is 5.30. The van der Waals surface area contributed by atoms with Gasteiger partial charge in [-0.05, 0) is 55.0 Å². The van der Waals surface area contributed by atoms with E-state index in [0.29, 0.717) is 11.6 Å². The highest BCUT2D eigenvalue weighted by atomic mass is 35.5. The van der Waals surface area contributed by atoms with Gasteiger partial charge in [0.15, 0.2) is 0 Å². The predicted octanol–water partition coefficient (Wildman–Crippen LogP) is 4.84. The molecule has 2 aromatic rings. The van der Waals surface area contributed by atoms with Gasteiger partial charge >= 0.3 is 0 Å². The zero-order chi connectivity index (χ0) is 17.8. The molecule has 1 aliphatic rings. The minimum atomic E-state index is 0.0489. The van der Waals surface area contributed by atoms with Gasteiger partial charge in [0.1, 0.15) is 6.61 Å². The number of hydrogen-bond acceptors (Lipinski definition) is 2. The van der Waals surface area contributed by atoms with Crippen LogP contribution < -0.4 is 0 Å². The van der Waals surface area contributed by atoms with Crippen LogP contribution in [0.3, 0.4) is 0 Å². The number of hydrogen-bond donors (Lipinski definition) is 0. The fraction of sp³-hybridized carbons (Fsp3) is 0.381. The first-order valence-electron chi connectivity index (χ1n) is 8.74. The van der Waals surface area contributed by atoms with E-state index in [2.05, 4.69) is 32.0 Å². The molecule has 1 aliphatic heterocycles. The van der Waals surface area contributed by atoms with Crippen LogP contribution in [0.2, 0.25) is 5.02 Å². The van der Waals surface area contributed by atoms with Crippen molar-refractivity contribution in [3.63, 3.8) is 0 Å².